The molecule has 0 saturated carbocycles. The van der Waals surface area contributed by atoms with Crippen LogP contribution in [0.5, 0.6) is 0 Å². The van der Waals surface area contributed by atoms with Gasteiger partial charge in [0.05, 0.1) is 11.0 Å². The van der Waals surface area contributed by atoms with Crippen LogP contribution in [0.2, 0.25) is 0 Å². The molecule has 1 aromatic heterocycles. The molecular weight excluding hydrogens is 216 g/mol. The maximum atomic E-state index is 4.41. The Morgan fingerprint density at radius 1 is 1.43 bits per heavy atom. The van der Waals surface area contributed by atoms with Crippen molar-refractivity contribution >= 4 is 35.2 Å². The number of thioether (sulfide) groups is 1. The molecule has 0 saturated heterocycles. The molecule has 0 amide bonds. The topological polar surface area (TPSA) is 28.7 Å². The van der Waals surface area contributed by atoms with Gasteiger partial charge in [-0.1, -0.05) is 30.0 Å². The van der Waals surface area contributed by atoms with Gasteiger partial charge in [0.2, 0.25) is 0 Å². The second-order valence-electron chi connectivity index (χ2n) is 2.66. The number of rotatable bonds is 3. The van der Waals surface area contributed by atoms with Crippen LogP contribution in [0.25, 0.3) is 11.0 Å². The highest BCUT2D eigenvalue weighted by Crippen LogP contribution is 2.18. The lowest BCUT2D eigenvalue weighted by atomic mass is 10.3. The third-order valence-electron chi connectivity index (χ3n) is 1.71. The summed E-state index contributed by atoms with van der Waals surface area (Å²) >= 11 is 1.66. The Morgan fingerprint density at radius 2 is 2.21 bits per heavy atom. The van der Waals surface area contributed by atoms with Gasteiger partial charge in [-0.25, -0.2) is 4.98 Å². The minimum Gasteiger partial charge on any atom is -0.333 e. The highest BCUT2D eigenvalue weighted by Gasteiger charge is 1.99. The molecule has 0 aliphatic rings. The lowest BCUT2D eigenvalue weighted by Gasteiger charge is -1.87. The SMILES string of the molecule is C=CCSc1nc2ccccc2[nH]1.Cl. The van der Waals surface area contributed by atoms with E-state index in [9.17, 15) is 0 Å². The van der Waals surface area contributed by atoms with E-state index >= 15 is 0 Å². The quantitative estimate of drug-likeness (QED) is 0.643. The molecule has 2 rings (SSSR count). The molecule has 0 atom stereocenters. The molecule has 1 N–H and O–H groups in total. The number of fused-ring (bicyclic) bond motifs is 1. The smallest absolute Gasteiger partial charge is 0.166 e. The number of aromatic nitrogens is 2. The van der Waals surface area contributed by atoms with Crippen molar-refractivity contribution in [3.8, 4) is 0 Å². The van der Waals surface area contributed by atoms with E-state index in [2.05, 4.69) is 16.5 Å². The van der Waals surface area contributed by atoms with Gasteiger partial charge in [-0.2, -0.15) is 0 Å². The van der Waals surface area contributed by atoms with Gasteiger partial charge in [-0.3, -0.25) is 0 Å². The molecule has 0 aliphatic heterocycles. The van der Waals surface area contributed by atoms with Gasteiger partial charge < -0.3 is 4.98 Å². The van der Waals surface area contributed by atoms with Crippen molar-refractivity contribution in [1.82, 2.24) is 9.97 Å². The van der Waals surface area contributed by atoms with Crippen molar-refractivity contribution in [2.45, 2.75) is 5.16 Å². The molecular formula is C10H11ClN2S. The number of hydrogen-bond acceptors (Lipinski definition) is 2. The minimum atomic E-state index is 0. The number of halogens is 1. The summed E-state index contributed by atoms with van der Waals surface area (Å²) < 4.78 is 0. The fourth-order valence-electron chi connectivity index (χ4n) is 1.14. The second kappa shape index (κ2) is 5.08. The van der Waals surface area contributed by atoms with E-state index in [0.29, 0.717) is 0 Å². The van der Waals surface area contributed by atoms with E-state index in [4.69, 9.17) is 0 Å². The highest BCUT2D eigenvalue weighted by atomic mass is 35.5. The molecule has 14 heavy (non-hydrogen) atoms. The van der Waals surface area contributed by atoms with E-state index in [1.807, 2.05) is 30.3 Å². The van der Waals surface area contributed by atoms with Crippen LogP contribution in [0.15, 0.2) is 42.1 Å². The van der Waals surface area contributed by atoms with Crippen LogP contribution in [-0.2, 0) is 0 Å². The summed E-state index contributed by atoms with van der Waals surface area (Å²) in [5, 5.41) is 0.959. The number of hydrogen-bond donors (Lipinski definition) is 1. The Labute approximate surface area is 93.2 Å². The number of benzene rings is 1. The third-order valence-corrected chi connectivity index (χ3v) is 2.57. The van der Waals surface area contributed by atoms with Gasteiger partial charge >= 0.3 is 0 Å². The first-order valence-electron chi connectivity index (χ1n) is 4.08. The van der Waals surface area contributed by atoms with Crippen LogP contribution in [0.4, 0.5) is 0 Å². The Morgan fingerprint density at radius 3 is 2.93 bits per heavy atom. The Balaban J connectivity index is 0.000000980. The molecule has 0 unspecified atom stereocenters. The fraction of sp³-hybridized carbons (Fsp3) is 0.100. The molecule has 0 fully saturated rings. The van der Waals surface area contributed by atoms with Gasteiger partial charge in [-0.05, 0) is 12.1 Å². The van der Waals surface area contributed by atoms with Crippen LogP contribution < -0.4 is 0 Å². The van der Waals surface area contributed by atoms with Crippen LogP contribution in [0, 0.1) is 0 Å². The third kappa shape index (κ3) is 2.30. The zero-order valence-corrected chi connectivity index (χ0v) is 9.20. The summed E-state index contributed by atoms with van der Waals surface area (Å²) in [6, 6.07) is 8.03. The number of nitrogens with one attached hydrogen (secondary N) is 1. The standard InChI is InChI=1S/C10H10N2S.ClH/c1-2-7-13-10-11-8-5-3-4-6-9(8)12-10;/h2-6H,1,7H2,(H,11,12);1H. The first-order valence-corrected chi connectivity index (χ1v) is 5.07. The average molecular weight is 227 g/mol. The van der Waals surface area contributed by atoms with Crippen molar-refractivity contribution in [3.63, 3.8) is 0 Å². The van der Waals surface area contributed by atoms with Gasteiger partial charge in [0, 0.05) is 5.75 Å². The number of para-hydroxylation sites is 2. The summed E-state index contributed by atoms with van der Waals surface area (Å²) in [5.74, 6) is 0.889. The largest absolute Gasteiger partial charge is 0.333 e. The highest BCUT2D eigenvalue weighted by molar-refractivity contribution is 7.99. The van der Waals surface area contributed by atoms with E-state index in [0.717, 1.165) is 21.9 Å². The Kier molecular flexibility index (Phi) is 4.04. The second-order valence-corrected chi connectivity index (χ2v) is 3.67. The minimum absolute atomic E-state index is 0. The predicted octanol–water partition coefficient (Wildman–Crippen LogP) is 3.26. The molecule has 0 aliphatic carbocycles. The Bertz CT molecular complexity index is 392. The molecule has 0 radical (unpaired) electrons. The fourth-order valence-corrected chi connectivity index (χ4v) is 1.76. The normalized spacial score (nSPS) is 9.71. The van der Waals surface area contributed by atoms with Gasteiger partial charge in [0.1, 0.15) is 0 Å². The van der Waals surface area contributed by atoms with Gasteiger partial charge in [-0.15, -0.1) is 19.0 Å². The lowest BCUT2D eigenvalue weighted by Crippen LogP contribution is -1.74. The van der Waals surface area contributed by atoms with E-state index in [1.54, 1.807) is 11.8 Å². The van der Waals surface area contributed by atoms with Crippen molar-refractivity contribution in [2.24, 2.45) is 0 Å². The molecule has 0 spiro atoms. The van der Waals surface area contributed by atoms with E-state index in [1.165, 1.54) is 0 Å². The number of imidazole rings is 1. The number of H-pyrrole nitrogens is 1. The monoisotopic (exact) mass is 226 g/mol. The molecule has 1 aromatic carbocycles. The van der Waals surface area contributed by atoms with Crippen LogP contribution >= 0.6 is 24.2 Å². The maximum Gasteiger partial charge on any atom is 0.166 e. The molecule has 1 heterocycles. The summed E-state index contributed by atoms with van der Waals surface area (Å²) in [7, 11) is 0. The van der Waals surface area contributed by atoms with Crippen molar-refractivity contribution in [3.05, 3.63) is 36.9 Å². The zero-order valence-electron chi connectivity index (χ0n) is 7.56. The summed E-state index contributed by atoms with van der Waals surface area (Å²) in [4.78, 5) is 7.64. The first-order chi connectivity index (χ1) is 6.40. The first kappa shape index (κ1) is 11.1. The zero-order chi connectivity index (χ0) is 9.10. The number of nitrogens with zero attached hydrogens (tertiary/aromatic N) is 1. The maximum absolute atomic E-state index is 4.41. The van der Waals surface area contributed by atoms with Crippen LogP contribution in [-0.4, -0.2) is 15.7 Å². The summed E-state index contributed by atoms with van der Waals surface area (Å²) in [6.45, 7) is 3.67. The lowest BCUT2D eigenvalue weighted by molar-refractivity contribution is 1.08. The van der Waals surface area contributed by atoms with Crippen LogP contribution in [0.1, 0.15) is 0 Å². The van der Waals surface area contributed by atoms with Gasteiger partial charge in [0.15, 0.2) is 5.16 Å². The van der Waals surface area contributed by atoms with Crippen molar-refractivity contribution < 1.29 is 0 Å². The molecule has 2 aromatic rings. The summed E-state index contributed by atoms with van der Waals surface area (Å²) in [5.41, 5.74) is 2.11. The van der Waals surface area contributed by atoms with Crippen molar-refractivity contribution in [2.75, 3.05) is 5.75 Å². The summed E-state index contributed by atoms with van der Waals surface area (Å²) in [6.07, 6.45) is 1.87. The number of aromatic amines is 1. The van der Waals surface area contributed by atoms with E-state index < -0.39 is 0 Å². The Hall–Kier alpha value is -0.930. The van der Waals surface area contributed by atoms with Crippen LogP contribution in [0.3, 0.4) is 0 Å². The molecule has 0 bridgehead atoms. The van der Waals surface area contributed by atoms with E-state index in [-0.39, 0.29) is 12.4 Å². The molecule has 74 valence electrons. The predicted molar refractivity (Wildman–Crippen MR) is 64.3 cm³/mol. The molecule has 2 nitrogen and oxygen atoms in total. The molecule has 4 heteroatoms. The van der Waals surface area contributed by atoms with Gasteiger partial charge in [0.25, 0.3) is 0 Å². The van der Waals surface area contributed by atoms with Crippen molar-refractivity contribution in [1.29, 1.82) is 0 Å². The average Bonchev–Trinajstić information content (AvgIpc) is 2.57.